The van der Waals surface area contributed by atoms with Gasteiger partial charge in [0, 0.05) is 11.1 Å². The highest BCUT2D eigenvalue weighted by Gasteiger charge is 2.27. The van der Waals surface area contributed by atoms with Gasteiger partial charge in [0.1, 0.15) is 11.4 Å². The van der Waals surface area contributed by atoms with E-state index in [1.165, 1.54) is 11.1 Å². The van der Waals surface area contributed by atoms with Crippen LogP contribution in [0.15, 0.2) is 59.2 Å². The number of ether oxygens (including phenoxy) is 1. The van der Waals surface area contributed by atoms with Crippen LogP contribution in [0.4, 0.5) is 0 Å². The predicted octanol–water partition coefficient (Wildman–Crippen LogP) is 6.81. The summed E-state index contributed by atoms with van der Waals surface area (Å²) in [6, 6.07) is 4.94. The minimum absolute atomic E-state index is 0.260. The smallest absolute Gasteiger partial charge is 0.335 e. The molecule has 5 nitrogen and oxygen atoms in total. The van der Waals surface area contributed by atoms with E-state index in [1.54, 1.807) is 31.2 Å². The first-order chi connectivity index (χ1) is 15.1. The lowest BCUT2D eigenvalue weighted by Crippen LogP contribution is -2.31. The van der Waals surface area contributed by atoms with Crippen LogP contribution in [0.3, 0.4) is 0 Å². The maximum Gasteiger partial charge on any atom is 0.335 e. The molecule has 172 valence electrons. The summed E-state index contributed by atoms with van der Waals surface area (Å²) in [4.78, 5) is 21.9. The molecule has 0 saturated heterocycles. The van der Waals surface area contributed by atoms with Crippen molar-refractivity contribution < 1.29 is 24.5 Å². The van der Waals surface area contributed by atoms with E-state index < -0.39 is 17.5 Å². The minimum atomic E-state index is -0.940. The van der Waals surface area contributed by atoms with Crippen molar-refractivity contribution in [3.8, 4) is 5.75 Å². The first kappa shape index (κ1) is 25.2. The molecule has 1 aliphatic rings. The zero-order chi connectivity index (χ0) is 23.7. The molecular weight excluding hydrogens is 404 g/mol. The zero-order valence-electron chi connectivity index (χ0n) is 19.5. The van der Waals surface area contributed by atoms with Gasteiger partial charge >= 0.3 is 11.9 Å². The third-order valence-electron chi connectivity index (χ3n) is 5.71. The Hall–Kier alpha value is -3.08. The molecule has 0 aliphatic carbocycles. The number of aromatic carboxylic acids is 1. The molecule has 1 atom stereocenters. The summed E-state index contributed by atoms with van der Waals surface area (Å²) < 4.78 is 6.16. The fourth-order valence-corrected chi connectivity index (χ4v) is 3.55. The Kier molecular flexibility index (Phi) is 9.06. The van der Waals surface area contributed by atoms with Gasteiger partial charge in [-0.15, -0.1) is 0 Å². The number of carbonyl (C=O) groups is 2. The molecule has 0 bridgehead atoms. The van der Waals surface area contributed by atoms with E-state index in [9.17, 15) is 9.59 Å². The van der Waals surface area contributed by atoms with Crippen molar-refractivity contribution in [1.29, 1.82) is 0 Å². The molecule has 0 amide bonds. The van der Waals surface area contributed by atoms with E-state index >= 15 is 0 Å². The molecule has 2 rings (SSSR count). The van der Waals surface area contributed by atoms with Crippen molar-refractivity contribution in [2.75, 3.05) is 0 Å². The summed E-state index contributed by atoms with van der Waals surface area (Å²) >= 11 is 0. The van der Waals surface area contributed by atoms with E-state index in [1.807, 2.05) is 19.1 Å². The summed E-state index contributed by atoms with van der Waals surface area (Å²) in [6.07, 6.45) is 15.6. The van der Waals surface area contributed by atoms with Crippen LogP contribution in [-0.4, -0.2) is 27.8 Å². The predicted molar refractivity (Wildman–Crippen MR) is 128 cm³/mol. The number of aliphatic carboxylic acids is 1. The highest BCUT2D eigenvalue weighted by Crippen LogP contribution is 2.34. The van der Waals surface area contributed by atoms with Crippen LogP contribution in [0.25, 0.3) is 6.08 Å². The number of hydrogen-bond donors (Lipinski definition) is 2. The fourth-order valence-electron chi connectivity index (χ4n) is 3.55. The Bertz CT molecular complexity index is 964. The van der Waals surface area contributed by atoms with E-state index in [2.05, 4.69) is 26.0 Å². The topological polar surface area (TPSA) is 83.8 Å². The molecule has 2 N–H and O–H groups in total. The fraction of sp³-hybridized carbons (Fsp3) is 0.407. The summed E-state index contributed by atoms with van der Waals surface area (Å²) in [5, 5.41) is 18.0. The van der Waals surface area contributed by atoms with Gasteiger partial charge in [-0.1, -0.05) is 35.5 Å². The maximum atomic E-state index is 11.1. The number of hydrogen-bond acceptors (Lipinski definition) is 3. The Labute approximate surface area is 190 Å². The molecule has 32 heavy (non-hydrogen) atoms. The van der Waals surface area contributed by atoms with Crippen molar-refractivity contribution >= 4 is 18.0 Å². The Balaban J connectivity index is 1.79. The molecule has 1 unspecified atom stereocenters. The molecule has 0 spiro atoms. The monoisotopic (exact) mass is 438 g/mol. The number of allylic oxidation sites excluding steroid dienone is 5. The van der Waals surface area contributed by atoms with Gasteiger partial charge in [-0.25, -0.2) is 9.59 Å². The zero-order valence-corrected chi connectivity index (χ0v) is 19.5. The number of benzene rings is 1. The Morgan fingerprint density at radius 1 is 0.969 bits per heavy atom. The summed E-state index contributed by atoms with van der Waals surface area (Å²) in [6.45, 7) is 7.91. The van der Waals surface area contributed by atoms with Crippen molar-refractivity contribution in [3.05, 3.63) is 70.3 Å². The summed E-state index contributed by atoms with van der Waals surface area (Å²) in [5.74, 6) is -1.08. The summed E-state index contributed by atoms with van der Waals surface area (Å²) in [5.41, 5.74) is 3.67. The molecule has 1 aromatic carbocycles. The summed E-state index contributed by atoms with van der Waals surface area (Å²) in [7, 11) is 0. The molecule has 0 radical (unpaired) electrons. The van der Waals surface area contributed by atoms with E-state index in [0.717, 1.165) is 49.8 Å². The standard InChI is InChI=1S/C27H34O5/c1-19(10-6-12-21(3)25(28)29)8-5-9-20(2)11-7-16-27(4)17-15-22-18-23(26(30)31)13-14-24(22)32-27/h8,11-15,17-18H,5-7,9-10,16H2,1-4H3,(H,28,29)(H,30,31). The van der Waals surface area contributed by atoms with E-state index in [-0.39, 0.29) is 5.56 Å². The van der Waals surface area contributed by atoms with Crippen LogP contribution in [0.5, 0.6) is 5.75 Å². The molecular formula is C27H34O5. The SMILES string of the molecule is CC(=CCCC(C)=CCCC1(C)C=Cc2cc(C(=O)O)ccc2O1)CCC=C(C)C(=O)O. The highest BCUT2D eigenvalue weighted by atomic mass is 16.5. The van der Waals surface area contributed by atoms with Crippen LogP contribution in [-0.2, 0) is 4.79 Å². The maximum absolute atomic E-state index is 11.1. The van der Waals surface area contributed by atoms with E-state index in [4.69, 9.17) is 14.9 Å². The Morgan fingerprint density at radius 2 is 1.59 bits per heavy atom. The molecule has 0 saturated carbocycles. The number of fused-ring (bicyclic) bond motifs is 1. The van der Waals surface area contributed by atoms with Crippen LogP contribution < -0.4 is 4.74 Å². The third-order valence-corrected chi connectivity index (χ3v) is 5.71. The van der Waals surface area contributed by atoms with Gasteiger partial charge in [-0.3, -0.25) is 0 Å². The molecule has 1 aromatic rings. The molecule has 1 heterocycles. The van der Waals surface area contributed by atoms with E-state index in [0.29, 0.717) is 5.57 Å². The molecule has 0 aromatic heterocycles. The van der Waals surface area contributed by atoms with Crippen molar-refractivity contribution in [1.82, 2.24) is 0 Å². The van der Waals surface area contributed by atoms with Gasteiger partial charge in [0.25, 0.3) is 0 Å². The van der Waals surface area contributed by atoms with Gasteiger partial charge in [-0.2, -0.15) is 0 Å². The third kappa shape index (κ3) is 7.88. The largest absolute Gasteiger partial charge is 0.483 e. The quantitative estimate of drug-likeness (QED) is 0.293. The second kappa shape index (κ2) is 11.5. The van der Waals surface area contributed by atoms with Crippen LogP contribution >= 0.6 is 0 Å². The lowest BCUT2D eigenvalue weighted by molar-refractivity contribution is -0.132. The first-order valence-corrected chi connectivity index (χ1v) is 11.1. The molecule has 0 fully saturated rings. The molecule has 1 aliphatic heterocycles. The van der Waals surface area contributed by atoms with Crippen LogP contribution in [0.1, 0.15) is 82.1 Å². The Morgan fingerprint density at radius 3 is 2.22 bits per heavy atom. The van der Waals surface area contributed by atoms with Crippen LogP contribution in [0.2, 0.25) is 0 Å². The highest BCUT2D eigenvalue weighted by molar-refractivity contribution is 5.89. The van der Waals surface area contributed by atoms with Crippen molar-refractivity contribution in [3.63, 3.8) is 0 Å². The molecule has 5 heteroatoms. The number of carboxylic acid groups (broad SMARTS) is 2. The average Bonchev–Trinajstić information content (AvgIpc) is 2.73. The van der Waals surface area contributed by atoms with Crippen molar-refractivity contribution in [2.24, 2.45) is 0 Å². The number of carboxylic acids is 2. The lowest BCUT2D eigenvalue weighted by Gasteiger charge is -2.31. The average molecular weight is 439 g/mol. The number of rotatable bonds is 11. The van der Waals surface area contributed by atoms with Gasteiger partial charge in [0.2, 0.25) is 0 Å². The minimum Gasteiger partial charge on any atom is -0.483 e. The lowest BCUT2D eigenvalue weighted by atomic mass is 9.94. The van der Waals surface area contributed by atoms with Gasteiger partial charge in [0.05, 0.1) is 5.56 Å². The first-order valence-electron chi connectivity index (χ1n) is 11.1. The normalized spacial score (nSPS) is 18.8. The second-order valence-electron chi connectivity index (χ2n) is 8.72. The van der Waals surface area contributed by atoms with Gasteiger partial charge in [-0.05, 0) is 90.5 Å². The van der Waals surface area contributed by atoms with Crippen LogP contribution in [0, 0.1) is 0 Å². The van der Waals surface area contributed by atoms with Crippen molar-refractivity contribution in [2.45, 2.75) is 71.8 Å². The van der Waals surface area contributed by atoms with Gasteiger partial charge in [0.15, 0.2) is 0 Å². The van der Waals surface area contributed by atoms with Gasteiger partial charge < -0.3 is 14.9 Å². The second-order valence-corrected chi connectivity index (χ2v) is 8.72.